The van der Waals surface area contributed by atoms with E-state index in [0.29, 0.717) is 18.1 Å². The maximum Gasteiger partial charge on any atom is 0.0594 e. The number of hydrogen-bond donors (Lipinski definition) is 1. The van der Waals surface area contributed by atoms with E-state index in [9.17, 15) is 0 Å². The average Bonchev–Trinajstić information content (AvgIpc) is 2.60. The van der Waals surface area contributed by atoms with Crippen molar-refractivity contribution in [2.75, 3.05) is 13.2 Å². The van der Waals surface area contributed by atoms with Gasteiger partial charge in [-0.2, -0.15) is 0 Å². The van der Waals surface area contributed by atoms with Gasteiger partial charge in [0.05, 0.1) is 6.10 Å². The molecule has 2 aliphatic rings. The largest absolute Gasteiger partial charge is 0.378 e. The molecular formula is C15H27NO. The van der Waals surface area contributed by atoms with E-state index in [2.05, 4.69) is 25.2 Å². The lowest BCUT2D eigenvalue weighted by Crippen LogP contribution is -2.40. The fourth-order valence-corrected chi connectivity index (χ4v) is 3.29. The maximum atomic E-state index is 5.75. The van der Waals surface area contributed by atoms with E-state index in [0.717, 1.165) is 13.2 Å². The molecule has 0 aromatic heterocycles. The van der Waals surface area contributed by atoms with Crippen LogP contribution in [0.2, 0.25) is 0 Å². The summed E-state index contributed by atoms with van der Waals surface area (Å²) in [7, 11) is 0. The summed E-state index contributed by atoms with van der Waals surface area (Å²) in [4.78, 5) is 0. The molecule has 0 aromatic rings. The van der Waals surface area contributed by atoms with Gasteiger partial charge in [-0.1, -0.05) is 25.0 Å². The second kappa shape index (κ2) is 6.55. The Bertz CT molecular complexity index is 262. The molecule has 0 saturated carbocycles. The van der Waals surface area contributed by atoms with Gasteiger partial charge in [0.1, 0.15) is 0 Å². The van der Waals surface area contributed by atoms with Crippen molar-refractivity contribution >= 4 is 0 Å². The lowest BCUT2D eigenvalue weighted by molar-refractivity contribution is 0.0987. The van der Waals surface area contributed by atoms with Crippen LogP contribution < -0.4 is 5.32 Å². The van der Waals surface area contributed by atoms with Gasteiger partial charge >= 0.3 is 0 Å². The van der Waals surface area contributed by atoms with Crippen LogP contribution in [0.4, 0.5) is 0 Å². The molecule has 1 aliphatic carbocycles. The van der Waals surface area contributed by atoms with Crippen molar-refractivity contribution < 1.29 is 4.74 Å². The molecule has 2 rings (SSSR count). The van der Waals surface area contributed by atoms with Gasteiger partial charge in [0.15, 0.2) is 0 Å². The molecule has 0 amide bonds. The van der Waals surface area contributed by atoms with E-state index in [1.807, 2.05) is 0 Å². The van der Waals surface area contributed by atoms with Crippen LogP contribution in [0.25, 0.3) is 0 Å². The average molecular weight is 237 g/mol. The Morgan fingerprint density at radius 3 is 3.00 bits per heavy atom. The van der Waals surface area contributed by atoms with Gasteiger partial charge in [-0.25, -0.2) is 0 Å². The minimum atomic E-state index is 0.420. The lowest BCUT2D eigenvalue weighted by Gasteiger charge is -2.29. The zero-order valence-electron chi connectivity index (χ0n) is 11.4. The van der Waals surface area contributed by atoms with Crippen molar-refractivity contribution in [3.8, 4) is 0 Å². The van der Waals surface area contributed by atoms with Crippen LogP contribution in [0.1, 0.15) is 52.4 Å². The quantitative estimate of drug-likeness (QED) is 0.758. The monoisotopic (exact) mass is 237 g/mol. The van der Waals surface area contributed by atoms with Crippen LogP contribution in [-0.4, -0.2) is 25.3 Å². The van der Waals surface area contributed by atoms with E-state index < -0.39 is 0 Å². The van der Waals surface area contributed by atoms with Gasteiger partial charge in [0.25, 0.3) is 0 Å². The Hall–Kier alpha value is -0.340. The van der Waals surface area contributed by atoms with Crippen molar-refractivity contribution in [3.63, 3.8) is 0 Å². The first-order chi connectivity index (χ1) is 8.33. The van der Waals surface area contributed by atoms with Crippen LogP contribution >= 0.6 is 0 Å². The number of hydrogen-bond acceptors (Lipinski definition) is 2. The Balaban J connectivity index is 2.06. The molecule has 0 aromatic carbocycles. The van der Waals surface area contributed by atoms with E-state index >= 15 is 0 Å². The molecule has 1 saturated heterocycles. The van der Waals surface area contributed by atoms with Crippen molar-refractivity contribution in [3.05, 3.63) is 11.6 Å². The van der Waals surface area contributed by atoms with Gasteiger partial charge in [0, 0.05) is 18.6 Å². The molecule has 1 aliphatic heterocycles. The summed E-state index contributed by atoms with van der Waals surface area (Å²) >= 11 is 0. The standard InChI is InChI=1S/C15H27NO/c1-3-16-15(14-10-11-17-12(14)2)13-8-6-4-5-7-9-13/h8,12,14-16H,3-7,9-11H2,1-2H3. The van der Waals surface area contributed by atoms with Crippen molar-refractivity contribution in [1.82, 2.24) is 5.32 Å². The van der Waals surface area contributed by atoms with Crippen molar-refractivity contribution in [1.29, 1.82) is 0 Å². The second-order valence-electron chi connectivity index (χ2n) is 5.44. The number of rotatable bonds is 4. The summed E-state index contributed by atoms with van der Waals surface area (Å²) in [5, 5.41) is 3.70. The Morgan fingerprint density at radius 2 is 2.29 bits per heavy atom. The lowest BCUT2D eigenvalue weighted by atomic mass is 9.86. The highest BCUT2D eigenvalue weighted by molar-refractivity contribution is 5.15. The summed E-state index contributed by atoms with van der Waals surface area (Å²) in [5.74, 6) is 0.680. The summed E-state index contributed by atoms with van der Waals surface area (Å²) in [6, 6.07) is 0.565. The van der Waals surface area contributed by atoms with Gasteiger partial charge in [-0.15, -0.1) is 0 Å². The molecule has 0 radical (unpaired) electrons. The summed E-state index contributed by atoms with van der Waals surface area (Å²) in [6.07, 6.45) is 10.9. The highest BCUT2D eigenvalue weighted by Crippen LogP contribution is 2.31. The second-order valence-corrected chi connectivity index (χ2v) is 5.44. The maximum absolute atomic E-state index is 5.75. The topological polar surface area (TPSA) is 21.3 Å². The highest BCUT2D eigenvalue weighted by atomic mass is 16.5. The first kappa shape index (κ1) is 13.1. The Kier molecular flexibility index (Phi) is 5.05. The Morgan fingerprint density at radius 1 is 1.41 bits per heavy atom. The predicted molar refractivity (Wildman–Crippen MR) is 72.2 cm³/mol. The van der Waals surface area contributed by atoms with E-state index in [1.54, 1.807) is 5.57 Å². The van der Waals surface area contributed by atoms with Gasteiger partial charge < -0.3 is 10.1 Å². The molecule has 17 heavy (non-hydrogen) atoms. The number of nitrogens with one attached hydrogen (secondary N) is 1. The van der Waals surface area contributed by atoms with Crippen molar-refractivity contribution in [2.24, 2.45) is 5.92 Å². The molecule has 1 fully saturated rings. The SMILES string of the molecule is CCNC(C1=CCCCCC1)C1CCOC1C. The molecule has 3 atom stereocenters. The minimum Gasteiger partial charge on any atom is -0.378 e. The predicted octanol–water partition coefficient (Wildman–Crippen LogP) is 3.28. The third kappa shape index (κ3) is 3.32. The molecule has 1 N–H and O–H groups in total. The zero-order valence-corrected chi connectivity index (χ0v) is 11.4. The third-order valence-corrected chi connectivity index (χ3v) is 4.26. The molecule has 0 bridgehead atoms. The number of likely N-dealkylation sites (N-methyl/N-ethyl adjacent to an activating group) is 1. The van der Waals surface area contributed by atoms with Gasteiger partial charge in [0.2, 0.25) is 0 Å². The normalized spacial score (nSPS) is 32.0. The molecule has 3 unspecified atom stereocenters. The van der Waals surface area contributed by atoms with Crippen LogP contribution in [0.15, 0.2) is 11.6 Å². The van der Waals surface area contributed by atoms with Crippen molar-refractivity contribution in [2.45, 2.75) is 64.5 Å². The summed E-state index contributed by atoms with van der Waals surface area (Å²) < 4.78 is 5.75. The molecule has 1 heterocycles. The van der Waals surface area contributed by atoms with E-state index in [-0.39, 0.29) is 0 Å². The van der Waals surface area contributed by atoms with E-state index in [1.165, 1.54) is 38.5 Å². The third-order valence-electron chi connectivity index (χ3n) is 4.26. The first-order valence-electron chi connectivity index (χ1n) is 7.37. The Labute approximate surface area is 106 Å². The summed E-state index contributed by atoms with van der Waals surface area (Å²) in [6.45, 7) is 6.45. The summed E-state index contributed by atoms with van der Waals surface area (Å²) in [5.41, 5.74) is 1.66. The van der Waals surface area contributed by atoms with E-state index in [4.69, 9.17) is 4.74 Å². The van der Waals surface area contributed by atoms with Gasteiger partial charge in [-0.3, -0.25) is 0 Å². The molecule has 0 spiro atoms. The number of ether oxygens (including phenoxy) is 1. The number of allylic oxidation sites excluding steroid dienone is 1. The van der Waals surface area contributed by atoms with Crippen LogP contribution in [0.5, 0.6) is 0 Å². The minimum absolute atomic E-state index is 0.420. The molecule has 98 valence electrons. The molecule has 2 nitrogen and oxygen atoms in total. The van der Waals surface area contributed by atoms with Crippen LogP contribution in [-0.2, 0) is 4.74 Å². The molecular weight excluding hydrogens is 210 g/mol. The molecule has 2 heteroatoms. The smallest absolute Gasteiger partial charge is 0.0594 e. The zero-order chi connectivity index (χ0) is 12.1. The highest BCUT2D eigenvalue weighted by Gasteiger charge is 2.33. The fraction of sp³-hybridized carbons (Fsp3) is 0.867. The fourth-order valence-electron chi connectivity index (χ4n) is 3.29. The van der Waals surface area contributed by atoms with Crippen LogP contribution in [0.3, 0.4) is 0 Å². The van der Waals surface area contributed by atoms with Gasteiger partial charge in [-0.05, 0) is 45.6 Å². The first-order valence-corrected chi connectivity index (χ1v) is 7.37. The van der Waals surface area contributed by atoms with Crippen LogP contribution in [0, 0.1) is 5.92 Å².